The zero-order valence-corrected chi connectivity index (χ0v) is 11.9. The number of rotatable bonds is 2. The first-order chi connectivity index (χ1) is 6.29. The van der Waals surface area contributed by atoms with Crippen molar-refractivity contribution < 1.29 is 4.43 Å². The molecule has 0 bridgehead atoms. The highest BCUT2D eigenvalue weighted by molar-refractivity contribution is 7.38. The Morgan fingerprint density at radius 2 is 1.64 bits per heavy atom. The van der Waals surface area contributed by atoms with Crippen molar-refractivity contribution in [3.8, 4) is 0 Å². The van der Waals surface area contributed by atoms with Crippen LogP contribution in [0, 0.1) is 0 Å². The summed E-state index contributed by atoms with van der Waals surface area (Å²) in [5, 5.41) is 0. The maximum atomic E-state index is 6.33. The van der Waals surface area contributed by atoms with Gasteiger partial charge in [-0.25, -0.2) is 0 Å². The summed E-state index contributed by atoms with van der Waals surface area (Å²) >= 11 is 0. The van der Waals surface area contributed by atoms with Crippen molar-refractivity contribution in [1.82, 2.24) is 0 Å². The van der Waals surface area contributed by atoms with E-state index in [2.05, 4.69) is 26.2 Å². The van der Waals surface area contributed by atoms with Crippen LogP contribution in [-0.2, 0) is 4.43 Å². The Labute approximate surface area is 89.1 Å². The lowest BCUT2D eigenvalue weighted by molar-refractivity contribution is 0.0708. The van der Waals surface area contributed by atoms with E-state index in [-0.39, 0.29) is 5.60 Å². The molecule has 4 N–H and O–H groups in total. The molecule has 0 aromatic rings. The second kappa shape index (κ2) is 3.71. The van der Waals surface area contributed by atoms with Gasteiger partial charge in [-0.05, 0) is 19.5 Å². The van der Waals surface area contributed by atoms with E-state index in [0.29, 0.717) is 13.1 Å². The summed E-state index contributed by atoms with van der Waals surface area (Å²) in [4.78, 5) is 0. The number of nitrogens with two attached hydrogens (primary N) is 2. The topological polar surface area (TPSA) is 61.3 Å². The molecular formula is C9H24N2OSi2. The van der Waals surface area contributed by atoms with Crippen LogP contribution in [-0.4, -0.2) is 34.1 Å². The minimum absolute atomic E-state index is 0.196. The minimum Gasteiger partial charge on any atom is -0.412 e. The molecule has 1 saturated heterocycles. The first-order valence-corrected chi connectivity index (χ1v) is 12.5. The fraction of sp³-hybridized carbons (Fsp3) is 1.00. The normalized spacial score (nSPS) is 28.7. The first-order valence-electron chi connectivity index (χ1n) is 5.39. The van der Waals surface area contributed by atoms with Gasteiger partial charge in [0.05, 0.1) is 13.2 Å². The summed E-state index contributed by atoms with van der Waals surface area (Å²) in [5.41, 5.74) is 11.4. The smallest absolute Gasteiger partial charge is 0.174 e. The van der Waals surface area contributed by atoms with Gasteiger partial charge in [0.2, 0.25) is 0 Å². The van der Waals surface area contributed by atoms with Gasteiger partial charge in [0, 0.05) is 13.1 Å². The van der Waals surface area contributed by atoms with Crippen LogP contribution in [0.1, 0.15) is 6.42 Å². The van der Waals surface area contributed by atoms with E-state index in [9.17, 15) is 0 Å². The molecule has 5 heteroatoms. The van der Waals surface area contributed by atoms with Crippen LogP contribution in [0.3, 0.4) is 0 Å². The van der Waals surface area contributed by atoms with Crippen LogP contribution in [0.15, 0.2) is 0 Å². The van der Waals surface area contributed by atoms with Gasteiger partial charge < -0.3 is 15.9 Å². The fourth-order valence-corrected chi connectivity index (χ4v) is 8.91. The minimum atomic E-state index is -1.52. The standard InChI is InChI=1S/C9H24N2OSi2/c1-13(2)6-5-9(7-10,8-11)12-14(13,3)4/h5-8,10-11H2,1-4H3. The van der Waals surface area contributed by atoms with Crippen LogP contribution >= 0.6 is 0 Å². The van der Waals surface area contributed by atoms with E-state index in [1.54, 1.807) is 0 Å². The Hall–Kier alpha value is 0.314. The number of hydrogen-bond donors (Lipinski definition) is 2. The van der Waals surface area contributed by atoms with Crippen molar-refractivity contribution >= 4 is 15.4 Å². The summed E-state index contributed by atoms with van der Waals surface area (Å²) in [6, 6.07) is 1.32. The summed E-state index contributed by atoms with van der Waals surface area (Å²) in [6.45, 7) is 10.7. The second-order valence-corrected chi connectivity index (χ2v) is 20.8. The quantitative estimate of drug-likeness (QED) is 0.700. The molecule has 84 valence electrons. The molecule has 14 heavy (non-hydrogen) atoms. The first kappa shape index (κ1) is 12.4. The average molecular weight is 232 g/mol. The molecule has 0 spiro atoms. The van der Waals surface area contributed by atoms with Crippen LogP contribution in [0.4, 0.5) is 0 Å². The van der Waals surface area contributed by atoms with Gasteiger partial charge in [0.25, 0.3) is 0 Å². The molecule has 0 atom stereocenters. The van der Waals surface area contributed by atoms with Crippen LogP contribution < -0.4 is 11.5 Å². The van der Waals surface area contributed by atoms with Crippen LogP contribution in [0.2, 0.25) is 32.2 Å². The fourth-order valence-electron chi connectivity index (χ4n) is 1.94. The van der Waals surface area contributed by atoms with E-state index in [1.807, 2.05) is 0 Å². The largest absolute Gasteiger partial charge is 0.412 e. The Morgan fingerprint density at radius 3 is 2.00 bits per heavy atom. The van der Waals surface area contributed by atoms with Gasteiger partial charge in [-0.1, -0.05) is 19.1 Å². The van der Waals surface area contributed by atoms with Gasteiger partial charge in [-0.3, -0.25) is 0 Å². The number of hydrogen-bond acceptors (Lipinski definition) is 3. The summed E-state index contributed by atoms with van der Waals surface area (Å²) < 4.78 is 6.33. The van der Waals surface area contributed by atoms with Crippen molar-refractivity contribution in [2.75, 3.05) is 13.1 Å². The molecule has 1 aliphatic rings. The molecule has 0 aromatic carbocycles. The summed E-state index contributed by atoms with van der Waals surface area (Å²) in [6.07, 6.45) is 1.07. The van der Waals surface area contributed by atoms with Gasteiger partial charge in [0.1, 0.15) is 0 Å². The second-order valence-electron chi connectivity index (χ2n) is 5.59. The van der Waals surface area contributed by atoms with E-state index >= 15 is 0 Å². The third kappa shape index (κ3) is 1.97. The van der Waals surface area contributed by atoms with Crippen molar-refractivity contribution in [2.24, 2.45) is 11.5 Å². The molecule has 0 aromatic heterocycles. The van der Waals surface area contributed by atoms with Crippen molar-refractivity contribution in [1.29, 1.82) is 0 Å². The molecule has 0 aliphatic carbocycles. The Morgan fingerprint density at radius 1 is 1.14 bits per heavy atom. The van der Waals surface area contributed by atoms with Gasteiger partial charge in [-0.2, -0.15) is 0 Å². The van der Waals surface area contributed by atoms with E-state index in [4.69, 9.17) is 15.9 Å². The van der Waals surface area contributed by atoms with Crippen LogP contribution in [0.25, 0.3) is 0 Å². The molecule has 3 nitrogen and oxygen atoms in total. The third-order valence-electron chi connectivity index (χ3n) is 4.05. The van der Waals surface area contributed by atoms with E-state index in [1.165, 1.54) is 6.04 Å². The lowest BCUT2D eigenvalue weighted by Crippen LogP contribution is -2.68. The average Bonchev–Trinajstić information content (AvgIpc) is 2.10. The van der Waals surface area contributed by atoms with Crippen molar-refractivity contribution in [2.45, 2.75) is 44.3 Å². The van der Waals surface area contributed by atoms with Gasteiger partial charge in [-0.15, -0.1) is 0 Å². The molecule has 1 heterocycles. The predicted molar refractivity (Wildman–Crippen MR) is 66.3 cm³/mol. The highest BCUT2D eigenvalue weighted by atomic mass is 29.3. The SMILES string of the molecule is C[Si]1(C)CCC(CN)(CN)O[Si]1(C)C. The molecule has 0 radical (unpaired) electrons. The molecule has 0 amide bonds. The molecule has 1 fully saturated rings. The lowest BCUT2D eigenvalue weighted by Gasteiger charge is -2.51. The monoisotopic (exact) mass is 232 g/mol. The zero-order chi connectivity index (χ0) is 11.0. The predicted octanol–water partition coefficient (Wildman–Crippen LogP) is 1.05. The molecule has 1 rings (SSSR count). The summed E-state index contributed by atoms with van der Waals surface area (Å²) in [7, 11) is -2.65. The molecular weight excluding hydrogens is 208 g/mol. The highest BCUT2D eigenvalue weighted by Gasteiger charge is 2.52. The molecule has 0 unspecified atom stereocenters. The molecule has 0 saturated carbocycles. The highest BCUT2D eigenvalue weighted by Crippen LogP contribution is 2.37. The maximum Gasteiger partial charge on any atom is 0.174 e. The van der Waals surface area contributed by atoms with Crippen molar-refractivity contribution in [3.63, 3.8) is 0 Å². The van der Waals surface area contributed by atoms with Crippen molar-refractivity contribution in [3.05, 3.63) is 0 Å². The lowest BCUT2D eigenvalue weighted by atomic mass is 10.0. The third-order valence-corrected chi connectivity index (χ3v) is 20.6. The summed E-state index contributed by atoms with van der Waals surface area (Å²) in [5.74, 6) is 0. The van der Waals surface area contributed by atoms with E-state index < -0.39 is 15.4 Å². The van der Waals surface area contributed by atoms with Gasteiger partial charge in [0.15, 0.2) is 7.83 Å². The Balaban J connectivity index is 2.86. The molecule has 1 aliphatic heterocycles. The van der Waals surface area contributed by atoms with Crippen LogP contribution in [0.5, 0.6) is 0 Å². The zero-order valence-electron chi connectivity index (χ0n) is 9.89. The Kier molecular flexibility index (Phi) is 3.29. The maximum absolute atomic E-state index is 6.33. The Bertz CT molecular complexity index is 215. The van der Waals surface area contributed by atoms with Gasteiger partial charge >= 0.3 is 0 Å². The van der Waals surface area contributed by atoms with E-state index in [0.717, 1.165) is 6.42 Å².